The van der Waals surface area contributed by atoms with E-state index in [4.69, 9.17) is 10.6 Å². The first-order valence-corrected chi connectivity index (χ1v) is 6.56. The van der Waals surface area contributed by atoms with Crippen molar-refractivity contribution in [1.29, 1.82) is 0 Å². The van der Waals surface area contributed by atoms with Gasteiger partial charge < -0.3 is 4.74 Å². The van der Waals surface area contributed by atoms with Gasteiger partial charge in [0.05, 0.1) is 0 Å². The van der Waals surface area contributed by atoms with Crippen LogP contribution < -0.4 is 5.84 Å². The molecule has 2 N–H and O–H groups in total. The van der Waals surface area contributed by atoms with Crippen molar-refractivity contribution >= 4 is 11.9 Å². The van der Waals surface area contributed by atoms with E-state index in [2.05, 4.69) is 6.92 Å². The first-order chi connectivity index (χ1) is 8.65. The van der Waals surface area contributed by atoms with Crippen LogP contribution >= 0.6 is 0 Å². The van der Waals surface area contributed by atoms with Gasteiger partial charge in [0.1, 0.15) is 6.61 Å². The van der Waals surface area contributed by atoms with Crippen LogP contribution in [0.15, 0.2) is 11.6 Å². The number of carbonyl (C=O) groups is 2. The van der Waals surface area contributed by atoms with E-state index in [1.54, 1.807) is 6.08 Å². The van der Waals surface area contributed by atoms with Gasteiger partial charge in [-0.15, -0.1) is 0 Å². The maximum atomic E-state index is 11.7. The molecule has 0 bridgehead atoms. The van der Waals surface area contributed by atoms with E-state index >= 15 is 0 Å². The molecule has 1 rings (SSSR count). The van der Waals surface area contributed by atoms with Gasteiger partial charge in [-0.2, -0.15) is 0 Å². The maximum Gasteiger partial charge on any atom is 0.334 e. The molecule has 0 aliphatic carbocycles. The molecule has 0 aromatic rings. The van der Waals surface area contributed by atoms with Crippen molar-refractivity contribution in [3.05, 3.63) is 11.6 Å². The predicted octanol–water partition coefficient (Wildman–Crippen LogP) is 1.53. The van der Waals surface area contributed by atoms with Crippen LogP contribution in [0.3, 0.4) is 0 Å². The lowest BCUT2D eigenvalue weighted by molar-refractivity contribution is -0.136. The Morgan fingerprint density at radius 1 is 1.44 bits per heavy atom. The number of cyclic esters (lactones) is 1. The minimum atomic E-state index is -0.311. The normalized spacial score (nSPS) is 14.3. The second-order valence-electron chi connectivity index (χ2n) is 4.48. The second-order valence-corrected chi connectivity index (χ2v) is 4.48. The summed E-state index contributed by atoms with van der Waals surface area (Å²) in [5.41, 5.74) is 0.586. The van der Waals surface area contributed by atoms with Crippen LogP contribution in [0.1, 0.15) is 45.4 Å². The molecule has 1 aliphatic heterocycles. The molecule has 102 valence electrons. The maximum absolute atomic E-state index is 11.7. The summed E-state index contributed by atoms with van der Waals surface area (Å²) in [5.74, 6) is 5.24. The number of nitrogens with zero attached hydrogens (tertiary/aromatic N) is 1. The van der Waals surface area contributed by atoms with Crippen molar-refractivity contribution < 1.29 is 14.3 Å². The fourth-order valence-corrected chi connectivity index (χ4v) is 1.82. The standard InChI is InChI=1S/C13H22N2O3/c1-2-3-4-5-9-15(14)12(16)7-6-11-8-10-18-13(11)17/h8H,2-7,9-10,14H2,1H3. The quantitative estimate of drug-likeness (QED) is 0.234. The largest absolute Gasteiger partial charge is 0.458 e. The molecule has 0 atom stereocenters. The van der Waals surface area contributed by atoms with E-state index in [-0.39, 0.29) is 18.3 Å². The van der Waals surface area contributed by atoms with E-state index in [1.165, 1.54) is 11.4 Å². The molecule has 18 heavy (non-hydrogen) atoms. The molecular formula is C13H22N2O3. The summed E-state index contributed by atoms with van der Waals surface area (Å²) < 4.78 is 4.76. The zero-order valence-corrected chi connectivity index (χ0v) is 11.0. The number of esters is 1. The summed E-state index contributed by atoms with van der Waals surface area (Å²) >= 11 is 0. The molecule has 0 unspecified atom stereocenters. The first kappa shape index (κ1) is 14.7. The summed E-state index contributed by atoms with van der Waals surface area (Å²) in [6, 6.07) is 0. The number of ether oxygens (including phenoxy) is 1. The van der Waals surface area contributed by atoms with Gasteiger partial charge >= 0.3 is 5.97 Å². The van der Waals surface area contributed by atoms with Crippen molar-refractivity contribution in [1.82, 2.24) is 5.01 Å². The molecule has 1 amide bonds. The lowest BCUT2D eigenvalue weighted by atomic mass is 10.1. The van der Waals surface area contributed by atoms with Crippen LogP contribution in [-0.4, -0.2) is 30.0 Å². The third-order valence-corrected chi connectivity index (χ3v) is 2.99. The fraction of sp³-hybridized carbons (Fsp3) is 0.692. The number of unbranched alkanes of at least 4 members (excludes halogenated alkanes) is 3. The van der Waals surface area contributed by atoms with Crippen LogP contribution in [0, 0.1) is 0 Å². The average Bonchev–Trinajstić information content (AvgIpc) is 2.77. The molecule has 0 saturated heterocycles. The summed E-state index contributed by atoms with van der Waals surface area (Å²) in [4.78, 5) is 22.8. The Kier molecular flexibility index (Phi) is 6.43. The highest BCUT2D eigenvalue weighted by Crippen LogP contribution is 2.13. The fourth-order valence-electron chi connectivity index (χ4n) is 1.82. The van der Waals surface area contributed by atoms with Gasteiger partial charge in [-0.1, -0.05) is 26.2 Å². The van der Waals surface area contributed by atoms with Gasteiger partial charge in [-0.25, -0.2) is 10.6 Å². The van der Waals surface area contributed by atoms with Gasteiger partial charge in [0, 0.05) is 18.5 Å². The van der Waals surface area contributed by atoms with Gasteiger partial charge in [0.2, 0.25) is 5.91 Å². The number of hydrogen-bond acceptors (Lipinski definition) is 4. The number of hydrazine groups is 1. The monoisotopic (exact) mass is 254 g/mol. The SMILES string of the molecule is CCCCCCN(N)C(=O)CCC1=CCOC1=O. The minimum absolute atomic E-state index is 0.118. The van der Waals surface area contributed by atoms with Crippen LogP contribution in [0.5, 0.6) is 0 Å². The Morgan fingerprint density at radius 3 is 2.83 bits per heavy atom. The number of rotatable bonds is 8. The van der Waals surface area contributed by atoms with Crippen LogP contribution in [0.25, 0.3) is 0 Å². The van der Waals surface area contributed by atoms with Crippen LogP contribution in [0.4, 0.5) is 0 Å². The number of nitrogens with two attached hydrogens (primary N) is 1. The minimum Gasteiger partial charge on any atom is -0.458 e. The van der Waals surface area contributed by atoms with E-state index in [0.717, 1.165) is 19.3 Å². The number of amides is 1. The van der Waals surface area contributed by atoms with Crippen LogP contribution in [-0.2, 0) is 14.3 Å². The molecule has 0 saturated carbocycles. The van der Waals surface area contributed by atoms with Crippen LogP contribution in [0.2, 0.25) is 0 Å². The van der Waals surface area contributed by atoms with Crippen molar-refractivity contribution in [3.8, 4) is 0 Å². The molecule has 1 aliphatic rings. The lowest BCUT2D eigenvalue weighted by Gasteiger charge is -2.16. The molecule has 0 fully saturated rings. The Morgan fingerprint density at radius 2 is 2.22 bits per heavy atom. The molecule has 5 heteroatoms. The Labute approximate surface area is 108 Å². The van der Waals surface area contributed by atoms with E-state index < -0.39 is 0 Å². The molecule has 0 radical (unpaired) electrons. The molecule has 0 aromatic carbocycles. The summed E-state index contributed by atoms with van der Waals surface area (Å²) in [5, 5.41) is 1.26. The highest BCUT2D eigenvalue weighted by molar-refractivity contribution is 5.91. The smallest absolute Gasteiger partial charge is 0.334 e. The zero-order valence-electron chi connectivity index (χ0n) is 11.0. The number of carbonyl (C=O) groups excluding carboxylic acids is 2. The first-order valence-electron chi connectivity index (χ1n) is 6.56. The van der Waals surface area contributed by atoms with Crippen molar-refractivity contribution in [3.63, 3.8) is 0 Å². The second kappa shape index (κ2) is 7.87. The third-order valence-electron chi connectivity index (χ3n) is 2.99. The van der Waals surface area contributed by atoms with Gasteiger partial charge in [-0.05, 0) is 18.9 Å². The molecule has 5 nitrogen and oxygen atoms in total. The highest BCUT2D eigenvalue weighted by atomic mass is 16.5. The topological polar surface area (TPSA) is 72.6 Å². The Bertz CT molecular complexity index is 326. The molecule has 0 aromatic heterocycles. The Hall–Kier alpha value is -1.36. The zero-order chi connectivity index (χ0) is 13.4. The third kappa shape index (κ3) is 4.87. The molecule has 1 heterocycles. The predicted molar refractivity (Wildman–Crippen MR) is 68.3 cm³/mol. The van der Waals surface area contributed by atoms with E-state index in [1.807, 2.05) is 0 Å². The summed E-state index contributed by atoms with van der Waals surface area (Å²) in [6.45, 7) is 3.05. The van der Waals surface area contributed by atoms with E-state index in [0.29, 0.717) is 25.1 Å². The molecular weight excluding hydrogens is 232 g/mol. The van der Waals surface area contributed by atoms with Gasteiger partial charge in [0.25, 0.3) is 0 Å². The van der Waals surface area contributed by atoms with Gasteiger partial charge in [0.15, 0.2) is 0 Å². The lowest BCUT2D eigenvalue weighted by Crippen LogP contribution is -2.38. The number of hydrogen-bond donors (Lipinski definition) is 1. The van der Waals surface area contributed by atoms with E-state index in [9.17, 15) is 9.59 Å². The summed E-state index contributed by atoms with van der Waals surface area (Å²) in [6.07, 6.45) is 6.76. The average molecular weight is 254 g/mol. The summed E-state index contributed by atoms with van der Waals surface area (Å²) in [7, 11) is 0. The highest BCUT2D eigenvalue weighted by Gasteiger charge is 2.18. The van der Waals surface area contributed by atoms with Crippen molar-refractivity contribution in [2.45, 2.75) is 45.4 Å². The van der Waals surface area contributed by atoms with Crippen molar-refractivity contribution in [2.75, 3.05) is 13.2 Å². The van der Waals surface area contributed by atoms with Crippen molar-refractivity contribution in [2.24, 2.45) is 5.84 Å². The Balaban J connectivity index is 2.17. The van der Waals surface area contributed by atoms with Gasteiger partial charge in [-0.3, -0.25) is 9.80 Å². The molecule has 0 spiro atoms.